The SMILES string of the molecule is COC(C)(C)CCOC1CC2(CCC1O)OCCO2. The molecule has 0 aromatic carbocycles. The first-order valence-corrected chi connectivity index (χ1v) is 7.09. The van der Waals surface area contributed by atoms with Gasteiger partial charge in [0.15, 0.2) is 5.79 Å². The number of methoxy groups -OCH3 is 1. The molecular weight excluding hydrogens is 248 g/mol. The van der Waals surface area contributed by atoms with Gasteiger partial charge in [-0.05, 0) is 26.7 Å². The summed E-state index contributed by atoms with van der Waals surface area (Å²) in [5.41, 5.74) is -0.197. The Balaban J connectivity index is 1.81. The molecule has 1 saturated carbocycles. The zero-order valence-corrected chi connectivity index (χ0v) is 12.2. The maximum absolute atomic E-state index is 10.0. The van der Waals surface area contributed by atoms with Gasteiger partial charge in [-0.25, -0.2) is 0 Å². The Bertz CT molecular complexity index is 286. The van der Waals surface area contributed by atoms with Gasteiger partial charge >= 0.3 is 0 Å². The highest BCUT2D eigenvalue weighted by Gasteiger charge is 2.45. The van der Waals surface area contributed by atoms with Crippen molar-refractivity contribution >= 4 is 0 Å². The van der Waals surface area contributed by atoms with Crippen molar-refractivity contribution in [2.24, 2.45) is 0 Å². The van der Waals surface area contributed by atoms with Crippen LogP contribution >= 0.6 is 0 Å². The van der Waals surface area contributed by atoms with Crippen LogP contribution in [0.4, 0.5) is 0 Å². The van der Waals surface area contributed by atoms with Crippen molar-refractivity contribution in [3.8, 4) is 0 Å². The molecule has 1 aliphatic carbocycles. The molecule has 1 aliphatic heterocycles. The minimum Gasteiger partial charge on any atom is -0.390 e. The van der Waals surface area contributed by atoms with Crippen LogP contribution in [-0.2, 0) is 18.9 Å². The topological polar surface area (TPSA) is 57.2 Å². The fraction of sp³-hybridized carbons (Fsp3) is 1.00. The van der Waals surface area contributed by atoms with E-state index in [4.69, 9.17) is 18.9 Å². The fourth-order valence-corrected chi connectivity index (χ4v) is 2.59. The van der Waals surface area contributed by atoms with Crippen LogP contribution in [0.1, 0.15) is 39.5 Å². The third-order valence-corrected chi connectivity index (χ3v) is 4.16. The highest BCUT2D eigenvalue weighted by molar-refractivity contribution is 4.89. The van der Waals surface area contributed by atoms with Gasteiger partial charge in [0.2, 0.25) is 0 Å². The van der Waals surface area contributed by atoms with Crippen LogP contribution in [0.25, 0.3) is 0 Å². The van der Waals surface area contributed by atoms with Crippen LogP contribution in [0, 0.1) is 0 Å². The van der Waals surface area contributed by atoms with E-state index in [0.29, 0.717) is 32.7 Å². The number of hydrogen-bond acceptors (Lipinski definition) is 5. The second kappa shape index (κ2) is 6.06. The molecule has 2 fully saturated rings. The lowest BCUT2D eigenvalue weighted by Crippen LogP contribution is -2.46. The van der Waals surface area contributed by atoms with E-state index in [2.05, 4.69) is 0 Å². The van der Waals surface area contributed by atoms with E-state index < -0.39 is 11.9 Å². The molecule has 5 nitrogen and oxygen atoms in total. The third-order valence-electron chi connectivity index (χ3n) is 4.16. The molecule has 1 spiro atoms. The summed E-state index contributed by atoms with van der Waals surface area (Å²) < 4.78 is 22.6. The standard InChI is InChI=1S/C14H26O5/c1-13(2,16-3)6-7-17-12-10-14(5-4-11(12)15)18-8-9-19-14/h11-12,15H,4-10H2,1-3H3. The second-order valence-corrected chi connectivity index (χ2v) is 6.04. The molecule has 0 bridgehead atoms. The van der Waals surface area contributed by atoms with E-state index in [9.17, 15) is 5.11 Å². The van der Waals surface area contributed by atoms with E-state index in [1.807, 2.05) is 13.8 Å². The number of hydrogen-bond donors (Lipinski definition) is 1. The highest BCUT2D eigenvalue weighted by atomic mass is 16.7. The summed E-state index contributed by atoms with van der Waals surface area (Å²) >= 11 is 0. The zero-order valence-electron chi connectivity index (χ0n) is 12.2. The van der Waals surface area contributed by atoms with Crippen molar-refractivity contribution < 1.29 is 24.1 Å². The van der Waals surface area contributed by atoms with Gasteiger partial charge in [-0.2, -0.15) is 0 Å². The molecule has 2 rings (SSSR count). The molecule has 2 unspecified atom stereocenters. The molecule has 0 amide bonds. The predicted octanol–water partition coefficient (Wildman–Crippen LogP) is 1.47. The molecule has 0 aromatic rings. The predicted molar refractivity (Wildman–Crippen MR) is 69.9 cm³/mol. The maximum Gasteiger partial charge on any atom is 0.171 e. The monoisotopic (exact) mass is 274 g/mol. The van der Waals surface area contributed by atoms with Crippen LogP contribution in [0.2, 0.25) is 0 Å². The largest absolute Gasteiger partial charge is 0.390 e. The summed E-state index contributed by atoms with van der Waals surface area (Å²) in [4.78, 5) is 0. The molecule has 2 atom stereocenters. The highest BCUT2D eigenvalue weighted by Crippen LogP contribution is 2.37. The zero-order chi connectivity index (χ0) is 13.9. The molecule has 1 heterocycles. The van der Waals surface area contributed by atoms with Crippen LogP contribution < -0.4 is 0 Å². The van der Waals surface area contributed by atoms with Crippen molar-refractivity contribution in [3.05, 3.63) is 0 Å². The quantitative estimate of drug-likeness (QED) is 0.823. The second-order valence-electron chi connectivity index (χ2n) is 6.04. The molecule has 19 heavy (non-hydrogen) atoms. The Kier molecular flexibility index (Phi) is 4.84. The first kappa shape index (κ1) is 15.2. The van der Waals surface area contributed by atoms with Gasteiger partial charge in [0.1, 0.15) is 0 Å². The van der Waals surface area contributed by atoms with Gasteiger partial charge in [-0.15, -0.1) is 0 Å². The molecule has 1 saturated heterocycles. The van der Waals surface area contributed by atoms with Crippen molar-refractivity contribution in [2.75, 3.05) is 26.9 Å². The lowest BCUT2D eigenvalue weighted by atomic mass is 9.89. The van der Waals surface area contributed by atoms with Crippen molar-refractivity contribution in [3.63, 3.8) is 0 Å². The van der Waals surface area contributed by atoms with Crippen LogP contribution in [0.5, 0.6) is 0 Å². The van der Waals surface area contributed by atoms with E-state index in [0.717, 1.165) is 12.8 Å². The summed E-state index contributed by atoms with van der Waals surface area (Å²) in [5.74, 6) is -0.513. The van der Waals surface area contributed by atoms with Gasteiger partial charge in [0.05, 0.1) is 31.0 Å². The molecule has 5 heteroatoms. The van der Waals surface area contributed by atoms with E-state index >= 15 is 0 Å². The first-order chi connectivity index (χ1) is 8.96. The van der Waals surface area contributed by atoms with Gasteiger partial charge in [-0.3, -0.25) is 0 Å². The minimum absolute atomic E-state index is 0.197. The van der Waals surface area contributed by atoms with Gasteiger partial charge in [0, 0.05) is 26.6 Å². The average Bonchev–Trinajstić information content (AvgIpc) is 2.82. The minimum atomic E-state index is -0.513. The Morgan fingerprint density at radius 1 is 1.32 bits per heavy atom. The summed E-state index contributed by atoms with van der Waals surface area (Å²) in [7, 11) is 1.70. The van der Waals surface area contributed by atoms with Crippen molar-refractivity contribution in [2.45, 2.75) is 63.1 Å². The van der Waals surface area contributed by atoms with E-state index in [-0.39, 0.29) is 11.7 Å². The lowest BCUT2D eigenvalue weighted by Gasteiger charge is -2.39. The molecule has 0 radical (unpaired) electrons. The maximum atomic E-state index is 10.0. The van der Waals surface area contributed by atoms with Crippen LogP contribution in [0.15, 0.2) is 0 Å². The first-order valence-electron chi connectivity index (χ1n) is 7.09. The summed E-state index contributed by atoms with van der Waals surface area (Å²) in [6, 6.07) is 0. The molecule has 0 aromatic heterocycles. The van der Waals surface area contributed by atoms with Crippen molar-refractivity contribution in [1.82, 2.24) is 0 Å². The van der Waals surface area contributed by atoms with Gasteiger partial charge in [0.25, 0.3) is 0 Å². The molecular formula is C14H26O5. The van der Waals surface area contributed by atoms with E-state index in [1.165, 1.54) is 0 Å². The normalized spacial score (nSPS) is 30.9. The average molecular weight is 274 g/mol. The van der Waals surface area contributed by atoms with Crippen LogP contribution in [-0.4, -0.2) is 55.6 Å². The molecule has 1 N–H and O–H groups in total. The van der Waals surface area contributed by atoms with Gasteiger partial charge in [-0.1, -0.05) is 0 Å². The van der Waals surface area contributed by atoms with Crippen LogP contribution in [0.3, 0.4) is 0 Å². The Labute approximate surface area is 115 Å². The number of aliphatic hydroxyl groups is 1. The third kappa shape index (κ3) is 3.89. The Morgan fingerprint density at radius 2 is 2.00 bits per heavy atom. The van der Waals surface area contributed by atoms with Gasteiger partial charge < -0.3 is 24.1 Å². The lowest BCUT2D eigenvalue weighted by molar-refractivity contribution is -0.222. The summed E-state index contributed by atoms with van der Waals surface area (Å²) in [5, 5.41) is 10.0. The van der Waals surface area contributed by atoms with Crippen molar-refractivity contribution in [1.29, 1.82) is 0 Å². The summed E-state index contributed by atoms with van der Waals surface area (Å²) in [6.07, 6.45) is 2.18. The van der Waals surface area contributed by atoms with E-state index in [1.54, 1.807) is 7.11 Å². The molecule has 2 aliphatic rings. The fourth-order valence-electron chi connectivity index (χ4n) is 2.59. The number of ether oxygens (including phenoxy) is 4. The Hall–Kier alpha value is -0.200. The smallest absolute Gasteiger partial charge is 0.171 e. The Morgan fingerprint density at radius 3 is 2.63 bits per heavy atom. The number of aliphatic hydroxyl groups excluding tert-OH is 1. The molecule has 112 valence electrons. The number of rotatable bonds is 5. The summed E-state index contributed by atoms with van der Waals surface area (Å²) in [6.45, 7) is 5.90.